The molecule has 1 saturated heterocycles. The fraction of sp³-hybridized carbons (Fsp3) is 0.261. The summed E-state index contributed by atoms with van der Waals surface area (Å²) in [6, 6.07) is 14.3. The maximum Gasteiger partial charge on any atom is 0.257 e. The van der Waals surface area contributed by atoms with E-state index in [0.29, 0.717) is 29.8 Å². The van der Waals surface area contributed by atoms with Crippen molar-refractivity contribution in [2.75, 3.05) is 10.2 Å². The molecule has 0 saturated carbocycles. The first-order valence-electron chi connectivity index (χ1n) is 9.46. The molecule has 1 aliphatic heterocycles. The molecule has 5 nitrogen and oxygen atoms in total. The van der Waals surface area contributed by atoms with E-state index in [2.05, 4.69) is 5.32 Å². The normalized spacial score (nSPS) is 21.4. The minimum atomic E-state index is -0.342. The lowest BCUT2D eigenvalue weighted by molar-refractivity contribution is -0.122. The van der Waals surface area contributed by atoms with Crippen molar-refractivity contribution in [3.8, 4) is 0 Å². The second-order valence-electron chi connectivity index (χ2n) is 7.56. The number of carbonyl (C=O) groups is 3. The van der Waals surface area contributed by atoms with Crippen LogP contribution in [-0.4, -0.2) is 17.7 Å². The summed E-state index contributed by atoms with van der Waals surface area (Å²) in [5, 5.41) is 2.86. The highest BCUT2D eigenvalue weighted by Crippen LogP contribution is 2.40. The number of amides is 3. The van der Waals surface area contributed by atoms with Crippen molar-refractivity contribution in [1.82, 2.24) is 0 Å². The van der Waals surface area contributed by atoms with Crippen molar-refractivity contribution < 1.29 is 14.4 Å². The summed E-state index contributed by atoms with van der Waals surface area (Å²) in [4.78, 5) is 40.1. The van der Waals surface area contributed by atoms with Crippen molar-refractivity contribution in [3.05, 3.63) is 71.3 Å². The average Bonchev–Trinajstić information content (AvgIpc) is 2.91. The molecular formula is C23H22N2O3. The van der Waals surface area contributed by atoms with Crippen LogP contribution in [0, 0.1) is 18.8 Å². The Morgan fingerprint density at radius 2 is 1.75 bits per heavy atom. The van der Waals surface area contributed by atoms with Crippen molar-refractivity contribution >= 4 is 29.1 Å². The largest absolute Gasteiger partial charge is 0.322 e. The van der Waals surface area contributed by atoms with Crippen molar-refractivity contribution in [2.24, 2.45) is 11.8 Å². The Morgan fingerprint density at radius 3 is 2.54 bits per heavy atom. The maximum atomic E-state index is 13.0. The van der Waals surface area contributed by atoms with E-state index in [0.717, 1.165) is 11.1 Å². The summed E-state index contributed by atoms with van der Waals surface area (Å²) in [6.45, 7) is 3.93. The molecule has 1 aliphatic carbocycles. The van der Waals surface area contributed by atoms with Crippen LogP contribution in [0.2, 0.25) is 0 Å². The highest BCUT2D eigenvalue weighted by atomic mass is 16.2. The number of para-hydroxylation sites is 1. The van der Waals surface area contributed by atoms with E-state index >= 15 is 0 Å². The first-order chi connectivity index (χ1) is 13.5. The van der Waals surface area contributed by atoms with E-state index in [9.17, 15) is 14.4 Å². The number of aryl methyl sites for hydroxylation is 1. The van der Waals surface area contributed by atoms with Crippen molar-refractivity contribution in [2.45, 2.75) is 26.7 Å². The van der Waals surface area contributed by atoms with Gasteiger partial charge in [-0.1, -0.05) is 35.9 Å². The number of anilines is 2. The predicted molar refractivity (Wildman–Crippen MR) is 108 cm³/mol. The van der Waals surface area contributed by atoms with E-state index in [-0.39, 0.29) is 29.6 Å². The molecule has 0 aromatic heterocycles. The van der Waals surface area contributed by atoms with Crippen LogP contribution in [0.5, 0.6) is 0 Å². The first-order valence-corrected chi connectivity index (χ1v) is 9.46. The molecule has 142 valence electrons. The van der Waals surface area contributed by atoms with Gasteiger partial charge in [0.15, 0.2) is 0 Å². The van der Waals surface area contributed by atoms with Gasteiger partial charge in [-0.25, -0.2) is 4.90 Å². The Morgan fingerprint density at radius 1 is 1.00 bits per heavy atom. The van der Waals surface area contributed by atoms with Crippen LogP contribution in [0.15, 0.2) is 60.2 Å². The zero-order valence-corrected chi connectivity index (χ0v) is 15.9. The third kappa shape index (κ3) is 3.13. The molecule has 2 aliphatic rings. The summed E-state index contributed by atoms with van der Waals surface area (Å²) < 4.78 is 0. The zero-order valence-electron chi connectivity index (χ0n) is 15.9. The van der Waals surface area contributed by atoms with E-state index < -0.39 is 0 Å². The van der Waals surface area contributed by atoms with Crippen molar-refractivity contribution in [3.63, 3.8) is 0 Å². The van der Waals surface area contributed by atoms with E-state index in [1.54, 1.807) is 24.3 Å². The Hall–Kier alpha value is -3.21. The monoisotopic (exact) mass is 374 g/mol. The van der Waals surface area contributed by atoms with Gasteiger partial charge in [-0.2, -0.15) is 0 Å². The number of rotatable bonds is 3. The average molecular weight is 374 g/mol. The molecule has 2 atom stereocenters. The summed E-state index contributed by atoms with van der Waals surface area (Å²) in [7, 11) is 0. The molecular weight excluding hydrogens is 352 g/mol. The van der Waals surface area contributed by atoms with E-state index in [1.165, 1.54) is 4.90 Å². The van der Waals surface area contributed by atoms with Gasteiger partial charge in [0.1, 0.15) is 0 Å². The number of carbonyl (C=O) groups excluding carboxylic acids is 3. The molecule has 0 radical (unpaired) electrons. The molecule has 0 spiro atoms. The third-order valence-corrected chi connectivity index (χ3v) is 5.49. The van der Waals surface area contributed by atoms with Gasteiger partial charge in [-0.3, -0.25) is 14.4 Å². The highest BCUT2D eigenvalue weighted by molar-refractivity contribution is 6.25. The third-order valence-electron chi connectivity index (χ3n) is 5.49. The molecule has 3 amide bonds. The number of nitrogens with zero attached hydrogens (tertiary/aromatic N) is 1. The SMILES string of the molecule is CC1=CC[C@@H]2C(=O)N(c3ccccc3C(=O)Nc3cccc(C)c3)C(=O)[C@@H]2C1. The lowest BCUT2D eigenvalue weighted by Gasteiger charge is -2.19. The fourth-order valence-electron chi connectivity index (χ4n) is 4.06. The van der Waals surface area contributed by atoms with Gasteiger partial charge in [0.25, 0.3) is 5.91 Å². The number of hydrogen-bond acceptors (Lipinski definition) is 3. The number of hydrogen-bond donors (Lipinski definition) is 1. The molecule has 0 bridgehead atoms. The molecule has 5 heteroatoms. The number of allylic oxidation sites excluding steroid dienone is 2. The highest BCUT2D eigenvalue weighted by Gasteiger charge is 2.49. The molecule has 1 heterocycles. The van der Waals surface area contributed by atoms with E-state index in [1.807, 2.05) is 44.2 Å². The number of imide groups is 1. The van der Waals surface area contributed by atoms with Gasteiger partial charge in [-0.05, 0) is 56.5 Å². The quantitative estimate of drug-likeness (QED) is 0.650. The van der Waals surface area contributed by atoms with Gasteiger partial charge >= 0.3 is 0 Å². The molecule has 1 fully saturated rings. The van der Waals surface area contributed by atoms with E-state index in [4.69, 9.17) is 0 Å². The molecule has 28 heavy (non-hydrogen) atoms. The molecule has 4 rings (SSSR count). The van der Waals surface area contributed by atoms with Gasteiger partial charge in [0.2, 0.25) is 11.8 Å². The lowest BCUT2D eigenvalue weighted by atomic mass is 9.82. The maximum absolute atomic E-state index is 13.0. The predicted octanol–water partition coefficient (Wildman–Crippen LogP) is 4.09. The summed E-state index contributed by atoms with van der Waals surface area (Å²) in [5.41, 5.74) is 3.51. The van der Waals surface area contributed by atoms with Crippen LogP contribution in [0.4, 0.5) is 11.4 Å². The Kier molecular flexibility index (Phi) is 4.59. The minimum absolute atomic E-state index is 0.210. The van der Waals surface area contributed by atoms with Crippen LogP contribution in [0.25, 0.3) is 0 Å². The number of nitrogens with one attached hydrogen (secondary N) is 1. The molecule has 2 aromatic carbocycles. The molecule has 1 N–H and O–H groups in total. The molecule has 0 unspecified atom stereocenters. The smallest absolute Gasteiger partial charge is 0.257 e. The Bertz CT molecular complexity index is 1010. The standard InChI is InChI=1S/C23H22N2O3/c1-14-6-5-7-16(12-14)24-21(26)18-8-3-4-9-20(18)25-22(27)17-11-10-15(2)13-19(17)23(25)28/h3-10,12,17,19H,11,13H2,1-2H3,(H,24,26)/t17-,19+/m0/s1. The number of benzene rings is 2. The number of fused-ring (bicyclic) bond motifs is 1. The van der Waals surface area contributed by atoms with Gasteiger partial charge < -0.3 is 5.32 Å². The van der Waals surface area contributed by atoms with Crippen LogP contribution in [0.1, 0.15) is 35.7 Å². The lowest BCUT2D eigenvalue weighted by Crippen LogP contribution is -2.33. The van der Waals surface area contributed by atoms with Crippen LogP contribution >= 0.6 is 0 Å². The second kappa shape index (κ2) is 7.08. The van der Waals surface area contributed by atoms with Crippen LogP contribution in [0.3, 0.4) is 0 Å². The van der Waals surface area contributed by atoms with Crippen LogP contribution in [-0.2, 0) is 9.59 Å². The summed E-state index contributed by atoms with van der Waals surface area (Å²) in [6.07, 6.45) is 3.21. The zero-order chi connectivity index (χ0) is 19.8. The Labute approximate surface area is 164 Å². The Balaban J connectivity index is 1.66. The summed E-state index contributed by atoms with van der Waals surface area (Å²) >= 11 is 0. The molecule has 2 aromatic rings. The fourth-order valence-corrected chi connectivity index (χ4v) is 4.06. The van der Waals surface area contributed by atoms with Crippen molar-refractivity contribution in [1.29, 1.82) is 0 Å². The van der Waals surface area contributed by atoms with Crippen LogP contribution < -0.4 is 10.2 Å². The van der Waals surface area contributed by atoms with Gasteiger partial charge in [-0.15, -0.1) is 0 Å². The first kappa shape index (κ1) is 18.2. The minimum Gasteiger partial charge on any atom is -0.322 e. The van der Waals surface area contributed by atoms with Gasteiger partial charge in [0.05, 0.1) is 23.1 Å². The van der Waals surface area contributed by atoms with Gasteiger partial charge in [0, 0.05) is 5.69 Å². The topological polar surface area (TPSA) is 66.5 Å². The summed E-state index contributed by atoms with van der Waals surface area (Å²) in [5.74, 6) is -1.42. The second-order valence-corrected chi connectivity index (χ2v) is 7.56.